The van der Waals surface area contributed by atoms with E-state index in [9.17, 15) is 9.18 Å². The SMILES string of the molecule is Nc1ccc2ncn(Cc3ccc(Cl)cc3F)c(=O)c2c1. The molecule has 2 N–H and O–H groups in total. The van der Waals surface area contributed by atoms with Crippen molar-refractivity contribution in [3.8, 4) is 0 Å². The molecule has 6 heteroatoms. The van der Waals surface area contributed by atoms with E-state index in [-0.39, 0.29) is 12.1 Å². The largest absolute Gasteiger partial charge is 0.399 e. The second kappa shape index (κ2) is 5.18. The van der Waals surface area contributed by atoms with Crippen molar-refractivity contribution >= 4 is 28.2 Å². The average Bonchev–Trinajstić information content (AvgIpc) is 2.45. The summed E-state index contributed by atoms with van der Waals surface area (Å²) in [5.41, 5.74) is 6.83. The standard InChI is InChI=1S/C15H11ClFN3O/c16-10-2-1-9(13(17)5-10)7-20-8-19-14-4-3-11(18)6-12(14)15(20)21/h1-6,8H,7,18H2. The van der Waals surface area contributed by atoms with Crippen LogP contribution in [0, 0.1) is 5.82 Å². The molecule has 0 atom stereocenters. The quantitative estimate of drug-likeness (QED) is 0.741. The van der Waals surface area contributed by atoms with E-state index in [1.54, 1.807) is 30.3 Å². The van der Waals surface area contributed by atoms with Crippen molar-refractivity contribution in [1.82, 2.24) is 9.55 Å². The van der Waals surface area contributed by atoms with E-state index < -0.39 is 5.82 Å². The summed E-state index contributed by atoms with van der Waals surface area (Å²) < 4.78 is 15.1. The molecule has 0 aliphatic carbocycles. The Bertz CT molecular complexity index is 892. The van der Waals surface area contributed by atoms with Gasteiger partial charge in [0.1, 0.15) is 5.82 Å². The highest BCUT2D eigenvalue weighted by molar-refractivity contribution is 6.30. The van der Waals surface area contributed by atoms with Crippen LogP contribution in [-0.4, -0.2) is 9.55 Å². The van der Waals surface area contributed by atoms with Crippen LogP contribution in [-0.2, 0) is 6.54 Å². The van der Waals surface area contributed by atoms with Gasteiger partial charge in [-0.05, 0) is 30.3 Å². The number of anilines is 1. The van der Waals surface area contributed by atoms with Crippen LogP contribution in [0.25, 0.3) is 10.9 Å². The van der Waals surface area contributed by atoms with E-state index in [2.05, 4.69) is 4.98 Å². The van der Waals surface area contributed by atoms with E-state index in [0.29, 0.717) is 27.2 Å². The number of nitrogens with zero attached hydrogens (tertiary/aromatic N) is 2. The third-order valence-corrected chi connectivity index (χ3v) is 3.44. The lowest BCUT2D eigenvalue weighted by molar-refractivity contribution is 0.595. The molecule has 0 amide bonds. The summed E-state index contributed by atoms with van der Waals surface area (Å²) >= 11 is 5.71. The molecule has 0 spiro atoms. The molecule has 0 radical (unpaired) electrons. The lowest BCUT2D eigenvalue weighted by atomic mass is 10.2. The van der Waals surface area contributed by atoms with Gasteiger partial charge in [0.2, 0.25) is 0 Å². The topological polar surface area (TPSA) is 60.9 Å². The number of fused-ring (bicyclic) bond motifs is 1. The zero-order valence-electron chi connectivity index (χ0n) is 10.9. The Hall–Kier alpha value is -2.40. The van der Waals surface area contributed by atoms with Gasteiger partial charge in [0.25, 0.3) is 5.56 Å². The zero-order chi connectivity index (χ0) is 15.0. The van der Waals surface area contributed by atoms with Gasteiger partial charge in [-0.25, -0.2) is 9.37 Å². The Morgan fingerprint density at radius 2 is 2.05 bits per heavy atom. The van der Waals surface area contributed by atoms with Gasteiger partial charge in [-0.15, -0.1) is 0 Å². The van der Waals surface area contributed by atoms with Gasteiger partial charge in [0, 0.05) is 16.3 Å². The van der Waals surface area contributed by atoms with E-state index in [1.807, 2.05) is 0 Å². The summed E-state index contributed by atoms with van der Waals surface area (Å²) in [6, 6.07) is 9.27. The maximum absolute atomic E-state index is 13.8. The number of benzene rings is 2. The van der Waals surface area contributed by atoms with E-state index in [0.717, 1.165) is 0 Å². The third-order valence-electron chi connectivity index (χ3n) is 3.20. The number of hydrogen-bond donors (Lipinski definition) is 1. The molecule has 4 nitrogen and oxygen atoms in total. The van der Waals surface area contributed by atoms with Gasteiger partial charge in [-0.1, -0.05) is 17.7 Å². The Morgan fingerprint density at radius 1 is 1.24 bits per heavy atom. The number of halogens is 2. The smallest absolute Gasteiger partial charge is 0.261 e. The Kier molecular flexibility index (Phi) is 3.35. The minimum atomic E-state index is -0.456. The molecule has 0 fully saturated rings. The lowest BCUT2D eigenvalue weighted by Crippen LogP contribution is -2.21. The normalized spacial score (nSPS) is 11.0. The van der Waals surface area contributed by atoms with Gasteiger partial charge in [0.05, 0.1) is 23.8 Å². The highest BCUT2D eigenvalue weighted by Crippen LogP contribution is 2.16. The van der Waals surface area contributed by atoms with E-state index in [4.69, 9.17) is 17.3 Å². The van der Waals surface area contributed by atoms with Crippen molar-refractivity contribution in [3.63, 3.8) is 0 Å². The maximum atomic E-state index is 13.8. The summed E-state index contributed by atoms with van der Waals surface area (Å²) in [4.78, 5) is 16.6. The summed E-state index contributed by atoms with van der Waals surface area (Å²) in [5, 5.41) is 0.722. The van der Waals surface area contributed by atoms with Gasteiger partial charge >= 0.3 is 0 Å². The van der Waals surface area contributed by atoms with Crippen LogP contribution in [0.3, 0.4) is 0 Å². The van der Waals surface area contributed by atoms with Crippen LogP contribution in [0.2, 0.25) is 5.02 Å². The van der Waals surface area contributed by atoms with Crippen molar-refractivity contribution < 1.29 is 4.39 Å². The molecule has 1 aromatic heterocycles. The Morgan fingerprint density at radius 3 is 2.81 bits per heavy atom. The summed E-state index contributed by atoms with van der Waals surface area (Å²) in [6.45, 7) is 0.0829. The molecule has 3 aromatic rings. The zero-order valence-corrected chi connectivity index (χ0v) is 11.6. The summed E-state index contributed by atoms with van der Waals surface area (Å²) in [6.07, 6.45) is 1.40. The summed E-state index contributed by atoms with van der Waals surface area (Å²) in [5.74, 6) is -0.456. The molecule has 2 aromatic carbocycles. The molecule has 0 saturated carbocycles. The number of hydrogen-bond acceptors (Lipinski definition) is 3. The lowest BCUT2D eigenvalue weighted by Gasteiger charge is -2.08. The number of aromatic nitrogens is 2. The fraction of sp³-hybridized carbons (Fsp3) is 0.0667. The number of nitrogens with two attached hydrogens (primary N) is 1. The van der Waals surface area contributed by atoms with Crippen LogP contribution < -0.4 is 11.3 Å². The van der Waals surface area contributed by atoms with Crippen LogP contribution in [0.5, 0.6) is 0 Å². The number of nitrogen functional groups attached to an aromatic ring is 1. The Labute approximate surface area is 124 Å². The molecular formula is C15H11ClFN3O. The predicted octanol–water partition coefficient (Wildman–Crippen LogP) is 2.82. The first-order chi connectivity index (χ1) is 10.0. The van der Waals surface area contributed by atoms with Crippen LogP contribution in [0.1, 0.15) is 5.56 Å². The summed E-state index contributed by atoms with van der Waals surface area (Å²) in [7, 11) is 0. The molecule has 0 saturated heterocycles. The van der Waals surface area contributed by atoms with Crippen molar-refractivity contribution in [3.05, 3.63) is 69.5 Å². The fourth-order valence-electron chi connectivity index (χ4n) is 2.12. The predicted molar refractivity (Wildman–Crippen MR) is 80.9 cm³/mol. The van der Waals surface area contributed by atoms with E-state index >= 15 is 0 Å². The van der Waals surface area contributed by atoms with Gasteiger partial charge < -0.3 is 5.73 Å². The second-order valence-electron chi connectivity index (χ2n) is 4.69. The minimum Gasteiger partial charge on any atom is -0.399 e. The van der Waals surface area contributed by atoms with Gasteiger partial charge in [0.15, 0.2) is 0 Å². The first-order valence-electron chi connectivity index (χ1n) is 6.23. The van der Waals surface area contributed by atoms with Gasteiger partial charge in [-0.3, -0.25) is 9.36 Å². The average molecular weight is 304 g/mol. The van der Waals surface area contributed by atoms with Crippen molar-refractivity contribution in [1.29, 1.82) is 0 Å². The molecule has 0 aliphatic heterocycles. The molecule has 0 aliphatic rings. The molecular weight excluding hydrogens is 293 g/mol. The molecule has 0 unspecified atom stereocenters. The van der Waals surface area contributed by atoms with Crippen LogP contribution >= 0.6 is 11.6 Å². The molecule has 3 rings (SSSR count). The second-order valence-corrected chi connectivity index (χ2v) is 5.13. The monoisotopic (exact) mass is 303 g/mol. The van der Waals surface area contributed by atoms with Crippen LogP contribution in [0.15, 0.2) is 47.5 Å². The molecule has 106 valence electrons. The number of rotatable bonds is 2. The van der Waals surface area contributed by atoms with Crippen molar-refractivity contribution in [2.45, 2.75) is 6.54 Å². The highest BCUT2D eigenvalue weighted by Gasteiger charge is 2.08. The first-order valence-corrected chi connectivity index (χ1v) is 6.61. The molecule has 1 heterocycles. The first kappa shape index (κ1) is 13.6. The fourth-order valence-corrected chi connectivity index (χ4v) is 2.28. The van der Waals surface area contributed by atoms with Gasteiger partial charge in [-0.2, -0.15) is 0 Å². The van der Waals surface area contributed by atoms with E-state index in [1.165, 1.54) is 17.0 Å². The van der Waals surface area contributed by atoms with Crippen molar-refractivity contribution in [2.24, 2.45) is 0 Å². The van der Waals surface area contributed by atoms with Crippen molar-refractivity contribution in [2.75, 3.05) is 5.73 Å². The third kappa shape index (κ3) is 2.60. The minimum absolute atomic E-state index is 0.0829. The highest BCUT2D eigenvalue weighted by atomic mass is 35.5. The Balaban J connectivity index is 2.09. The maximum Gasteiger partial charge on any atom is 0.261 e. The molecule has 0 bridgehead atoms. The molecule has 21 heavy (non-hydrogen) atoms. The van der Waals surface area contributed by atoms with Crippen LogP contribution in [0.4, 0.5) is 10.1 Å².